The monoisotopic (exact) mass is 299 g/mol. The number of hydrogen-bond donors (Lipinski definition) is 2. The van der Waals surface area contributed by atoms with Gasteiger partial charge in [-0.25, -0.2) is 4.98 Å². The molecule has 0 unspecified atom stereocenters. The molecule has 0 saturated carbocycles. The van der Waals surface area contributed by atoms with Gasteiger partial charge in [0.05, 0.1) is 11.9 Å². The smallest absolute Gasteiger partial charge is 0.225 e. The van der Waals surface area contributed by atoms with Gasteiger partial charge in [-0.2, -0.15) is 0 Å². The van der Waals surface area contributed by atoms with E-state index in [9.17, 15) is 4.79 Å². The average molecular weight is 299 g/mol. The van der Waals surface area contributed by atoms with Crippen molar-refractivity contribution in [1.82, 2.24) is 10.3 Å². The van der Waals surface area contributed by atoms with Crippen LogP contribution in [0.5, 0.6) is 11.6 Å². The number of aryl methyl sites for hydroxylation is 2. The highest BCUT2D eigenvalue weighted by Gasteiger charge is 2.04. The second-order valence-corrected chi connectivity index (χ2v) is 5.13. The number of carbonyl (C=O) groups is 1. The van der Waals surface area contributed by atoms with E-state index in [1.807, 2.05) is 32.2 Å². The van der Waals surface area contributed by atoms with Crippen molar-refractivity contribution in [2.75, 3.05) is 18.9 Å². The van der Waals surface area contributed by atoms with Crippen molar-refractivity contribution >= 4 is 11.6 Å². The van der Waals surface area contributed by atoms with Crippen LogP contribution in [0.25, 0.3) is 0 Å². The lowest BCUT2D eigenvalue weighted by atomic mass is 10.1. The predicted octanol–water partition coefficient (Wildman–Crippen LogP) is 3.04. The van der Waals surface area contributed by atoms with Gasteiger partial charge in [0.15, 0.2) is 0 Å². The highest BCUT2D eigenvalue weighted by atomic mass is 16.5. The van der Waals surface area contributed by atoms with E-state index in [2.05, 4.69) is 22.5 Å². The molecule has 0 bridgehead atoms. The summed E-state index contributed by atoms with van der Waals surface area (Å²) >= 11 is 0. The number of ether oxygens (including phenoxy) is 1. The van der Waals surface area contributed by atoms with Crippen LogP contribution in [-0.2, 0) is 4.79 Å². The van der Waals surface area contributed by atoms with Crippen LogP contribution in [0.1, 0.15) is 17.5 Å². The minimum atomic E-state index is -0.0426. The summed E-state index contributed by atoms with van der Waals surface area (Å²) in [5, 5.41) is 5.72. The van der Waals surface area contributed by atoms with Crippen molar-refractivity contribution in [1.29, 1.82) is 0 Å². The maximum Gasteiger partial charge on any atom is 0.225 e. The molecule has 0 atom stereocenters. The molecule has 5 nitrogen and oxygen atoms in total. The standard InChI is InChI=1S/C17H21N3O2/c1-12-4-6-15(10-13(12)2)22-17-7-5-14(11-19-17)20-16(21)8-9-18-3/h4-7,10-11,18H,8-9H2,1-3H3,(H,20,21). The number of benzene rings is 1. The van der Waals surface area contributed by atoms with E-state index in [4.69, 9.17) is 4.74 Å². The molecule has 0 radical (unpaired) electrons. The molecule has 0 aliphatic carbocycles. The molecule has 22 heavy (non-hydrogen) atoms. The molecule has 0 fully saturated rings. The zero-order valence-corrected chi connectivity index (χ0v) is 13.1. The van der Waals surface area contributed by atoms with Gasteiger partial charge in [-0.1, -0.05) is 6.07 Å². The summed E-state index contributed by atoms with van der Waals surface area (Å²) in [7, 11) is 1.81. The second kappa shape index (κ2) is 7.56. The van der Waals surface area contributed by atoms with Crippen LogP contribution in [0.3, 0.4) is 0 Å². The second-order valence-electron chi connectivity index (χ2n) is 5.13. The first-order valence-electron chi connectivity index (χ1n) is 7.24. The molecule has 2 rings (SSSR count). The van der Waals surface area contributed by atoms with Crippen molar-refractivity contribution in [3.63, 3.8) is 0 Å². The minimum Gasteiger partial charge on any atom is -0.439 e. The van der Waals surface area contributed by atoms with Crippen LogP contribution >= 0.6 is 0 Å². The molecular formula is C17H21N3O2. The zero-order chi connectivity index (χ0) is 15.9. The summed E-state index contributed by atoms with van der Waals surface area (Å²) in [5.41, 5.74) is 3.05. The van der Waals surface area contributed by atoms with Gasteiger partial charge in [-0.15, -0.1) is 0 Å². The summed E-state index contributed by atoms with van der Waals surface area (Å²) in [4.78, 5) is 15.8. The van der Waals surface area contributed by atoms with Gasteiger partial charge < -0.3 is 15.4 Å². The molecule has 0 aliphatic heterocycles. The molecule has 0 spiro atoms. The fourth-order valence-corrected chi connectivity index (χ4v) is 1.87. The van der Waals surface area contributed by atoms with Gasteiger partial charge in [0.25, 0.3) is 0 Å². The van der Waals surface area contributed by atoms with Crippen LogP contribution in [-0.4, -0.2) is 24.5 Å². The van der Waals surface area contributed by atoms with Gasteiger partial charge in [0, 0.05) is 19.0 Å². The van der Waals surface area contributed by atoms with Crippen LogP contribution in [0.15, 0.2) is 36.5 Å². The first-order valence-corrected chi connectivity index (χ1v) is 7.24. The first kappa shape index (κ1) is 16.0. The molecular weight excluding hydrogens is 278 g/mol. The summed E-state index contributed by atoms with van der Waals surface area (Å²) in [6, 6.07) is 9.42. The molecule has 1 amide bonds. The highest BCUT2D eigenvalue weighted by molar-refractivity contribution is 5.90. The number of carbonyl (C=O) groups excluding carboxylic acids is 1. The Labute approximate surface area is 130 Å². The van der Waals surface area contributed by atoms with E-state index in [-0.39, 0.29) is 5.91 Å². The lowest BCUT2D eigenvalue weighted by Gasteiger charge is -2.08. The number of pyridine rings is 1. The Morgan fingerprint density at radius 2 is 2.00 bits per heavy atom. The summed E-state index contributed by atoms with van der Waals surface area (Å²) < 4.78 is 5.71. The Balaban J connectivity index is 1.96. The van der Waals surface area contributed by atoms with Crippen molar-refractivity contribution in [3.8, 4) is 11.6 Å². The summed E-state index contributed by atoms with van der Waals surface area (Å²) in [5.74, 6) is 1.21. The Morgan fingerprint density at radius 3 is 2.64 bits per heavy atom. The van der Waals surface area contributed by atoms with Gasteiger partial charge in [0.1, 0.15) is 5.75 Å². The average Bonchev–Trinajstić information content (AvgIpc) is 2.51. The number of aromatic nitrogens is 1. The molecule has 2 N–H and O–H groups in total. The number of nitrogens with one attached hydrogen (secondary N) is 2. The largest absolute Gasteiger partial charge is 0.439 e. The minimum absolute atomic E-state index is 0.0426. The third-order valence-electron chi connectivity index (χ3n) is 3.32. The maximum atomic E-state index is 11.6. The quantitative estimate of drug-likeness (QED) is 0.860. The molecule has 2 aromatic rings. The lowest BCUT2D eigenvalue weighted by Crippen LogP contribution is -2.18. The predicted molar refractivity (Wildman–Crippen MR) is 87.4 cm³/mol. The Morgan fingerprint density at radius 1 is 1.18 bits per heavy atom. The van der Waals surface area contributed by atoms with Crippen molar-refractivity contribution in [2.24, 2.45) is 0 Å². The number of nitrogens with zero attached hydrogens (tertiary/aromatic N) is 1. The van der Waals surface area contributed by atoms with Crippen molar-refractivity contribution in [3.05, 3.63) is 47.7 Å². The lowest BCUT2D eigenvalue weighted by molar-refractivity contribution is -0.116. The number of hydrogen-bond acceptors (Lipinski definition) is 4. The van der Waals surface area contributed by atoms with Gasteiger partial charge >= 0.3 is 0 Å². The van der Waals surface area contributed by atoms with Crippen molar-refractivity contribution < 1.29 is 9.53 Å². The van der Waals surface area contributed by atoms with E-state index < -0.39 is 0 Å². The summed E-state index contributed by atoms with van der Waals surface area (Å²) in [6.45, 7) is 4.75. The fourth-order valence-electron chi connectivity index (χ4n) is 1.87. The Hall–Kier alpha value is -2.40. The van der Waals surface area contributed by atoms with Gasteiger partial charge in [-0.05, 0) is 50.2 Å². The van der Waals surface area contributed by atoms with E-state index in [1.165, 1.54) is 11.1 Å². The molecule has 0 saturated heterocycles. The van der Waals surface area contributed by atoms with Crippen LogP contribution in [0, 0.1) is 13.8 Å². The Bertz CT molecular complexity index is 639. The van der Waals surface area contributed by atoms with E-state index in [0.29, 0.717) is 24.5 Å². The first-order chi connectivity index (χ1) is 10.6. The third-order valence-corrected chi connectivity index (χ3v) is 3.32. The van der Waals surface area contributed by atoms with Gasteiger partial charge in [0.2, 0.25) is 11.8 Å². The maximum absolute atomic E-state index is 11.6. The Kier molecular flexibility index (Phi) is 5.49. The molecule has 5 heteroatoms. The van der Waals surface area contributed by atoms with E-state index in [1.54, 1.807) is 18.3 Å². The summed E-state index contributed by atoms with van der Waals surface area (Å²) in [6.07, 6.45) is 2.02. The number of anilines is 1. The topological polar surface area (TPSA) is 63.2 Å². The number of amides is 1. The normalized spacial score (nSPS) is 10.3. The van der Waals surface area contributed by atoms with E-state index >= 15 is 0 Å². The zero-order valence-electron chi connectivity index (χ0n) is 13.1. The van der Waals surface area contributed by atoms with Crippen LogP contribution in [0.2, 0.25) is 0 Å². The molecule has 0 aliphatic rings. The van der Waals surface area contributed by atoms with Crippen molar-refractivity contribution in [2.45, 2.75) is 20.3 Å². The van der Waals surface area contributed by atoms with Crippen LogP contribution in [0.4, 0.5) is 5.69 Å². The molecule has 1 aromatic heterocycles. The highest BCUT2D eigenvalue weighted by Crippen LogP contribution is 2.22. The SMILES string of the molecule is CNCCC(=O)Nc1ccc(Oc2ccc(C)c(C)c2)nc1. The van der Waals surface area contributed by atoms with Gasteiger partial charge in [-0.3, -0.25) is 4.79 Å². The number of rotatable bonds is 6. The third kappa shape index (κ3) is 4.56. The van der Waals surface area contributed by atoms with Crippen LogP contribution < -0.4 is 15.4 Å². The fraction of sp³-hybridized carbons (Fsp3) is 0.294. The molecule has 116 valence electrons. The molecule has 1 aromatic carbocycles. The van der Waals surface area contributed by atoms with E-state index in [0.717, 1.165) is 5.75 Å². The molecule has 1 heterocycles.